The molecule has 1 fully saturated rings. The molecule has 7 nitrogen and oxygen atoms in total. The lowest BCUT2D eigenvalue weighted by molar-refractivity contribution is -0.141. The highest BCUT2D eigenvalue weighted by Crippen LogP contribution is 2.30. The van der Waals surface area contributed by atoms with E-state index in [1.807, 2.05) is 0 Å². The summed E-state index contributed by atoms with van der Waals surface area (Å²) in [5, 5.41) is 12.3. The number of halogens is 3. The number of benzene rings is 1. The fraction of sp³-hybridized carbons (Fsp3) is 0.389. The van der Waals surface area contributed by atoms with Crippen LogP contribution in [0.1, 0.15) is 34.9 Å². The van der Waals surface area contributed by atoms with Gasteiger partial charge in [0.05, 0.1) is 6.04 Å². The fourth-order valence-corrected chi connectivity index (χ4v) is 3.07. The van der Waals surface area contributed by atoms with Gasteiger partial charge in [0.25, 0.3) is 5.91 Å². The minimum absolute atomic E-state index is 0.203. The van der Waals surface area contributed by atoms with E-state index in [-0.39, 0.29) is 17.7 Å². The highest BCUT2D eigenvalue weighted by atomic mass is 19.4. The zero-order chi connectivity index (χ0) is 20.3. The van der Waals surface area contributed by atoms with Crippen LogP contribution in [0.5, 0.6) is 5.75 Å². The molecule has 3 rings (SSSR count). The molecule has 0 spiro atoms. The molecular weight excluding hydrogens is 379 g/mol. The molecule has 0 unspecified atom stereocenters. The third-order valence-electron chi connectivity index (χ3n) is 4.47. The summed E-state index contributed by atoms with van der Waals surface area (Å²) in [6.07, 6.45) is -2.19. The first kappa shape index (κ1) is 19.7. The maximum absolute atomic E-state index is 12.7. The van der Waals surface area contributed by atoms with Gasteiger partial charge in [0.2, 0.25) is 0 Å². The number of hydrogen-bond acceptors (Lipinski definition) is 4. The predicted octanol–water partition coefficient (Wildman–Crippen LogP) is 2.84. The summed E-state index contributed by atoms with van der Waals surface area (Å²) in [5.41, 5.74) is -0.566. The van der Waals surface area contributed by atoms with Gasteiger partial charge in [0.15, 0.2) is 12.3 Å². The van der Waals surface area contributed by atoms with Crippen LogP contribution in [0, 0.1) is 0 Å². The number of amides is 1. The van der Waals surface area contributed by atoms with Crippen molar-refractivity contribution in [3.05, 3.63) is 47.8 Å². The van der Waals surface area contributed by atoms with Gasteiger partial charge in [-0.05, 0) is 37.1 Å². The predicted molar refractivity (Wildman–Crippen MR) is 91.0 cm³/mol. The first-order chi connectivity index (χ1) is 13.2. The van der Waals surface area contributed by atoms with Crippen molar-refractivity contribution in [2.24, 2.45) is 0 Å². The van der Waals surface area contributed by atoms with Crippen LogP contribution < -0.4 is 4.74 Å². The van der Waals surface area contributed by atoms with Crippen LogP contribution in [-0.2, 0) is 11.0 Å². The molecule has 2 aromatic rings. The Bertz CT molecular complexity index is 858. The first-order valence-electron chi connectivity index (χ1n) is 8.60. The topological polar surface area (TPSA) is 84.7 Å². The van der Waals surface area contributed by atoms with E-state index in [0.29, 0.717) is 31.5 Å². The standard InChI is InChI=1S/C18H18F3N3O4/c19-18(20,21)15-6-9-24(22-15)13-4-7-23(8-5-13)17(27)12-2-1-3-14(10-12)28-11-16(25)26/h1-3,6,9-10,13H,4-5,7-8,11H2,(H,25,26). The minimum atomic E-state index is -4.48. The van der Waals surface area contributed by atoms with Gasteiger partial charge in [-0.1, -0.05) is 6.07 Å². The van der Waals surface area contributed by atoms with Crippen molar-refractivity contribution in [1.29, 1.82) is 0 Å². The number of carboxylic acids is 1. The van der Waals surface area contributed by atoms with E-state index in [4.69, 9.17) is 9.84 Å². The number of hydrogen-bond donors (Lipinski definition) is 1. The number of rotatable bonds is 5. The number of likely N-dealkylation sites (tertiary alicyclic amines) is 1. The monoisotopic (exact) mass is 397 g/mol. The molecule has 1 aliphatic heterocycles. The minimum Gasteiger partial charge on any atom is -0.482 e. The molecule has 2 heterocycles. The van der Waals surface area contributed by atoms with Gasteiger partial charge in [-0.2, -0.15) is 18.3 Å². The normalized spacial score (nSPS) is 15.5. The Kier molecular flexibility index (Phi) is 5.57. The van der Waals surface area contributed by atoms with Crippen LogP contribution in [0.4, 0.5) is 13.2 Å². The van der Waals surface area contributed by atoms with Gasteiger partial charge in [0, 0.05) is 24.8 Å². The Labute approximate surface area is 158 Å². The van der Waals surface area contributed by atoms with E-state index < -0.39 is 24.4 Å². The second-order valence-corrected chi connectivity index (χ2v) is 6.41. The summed E-state index contributed by atoms with van der Waals surface area (Å²) in [4.78, 5) is 24.8. The lowest BCUT2D eigenvalue weighted by Crippen LogP contribution is -2.39. The molecule has 0 radical (unpaired) electrons. The molecule has 0 saturated carbocycles. The Hall–Kier alpha value is -3.04. The third kappa shape index (κ3) is 4.62. The van der Waals surface area contributed by atoms with Gasteiger partial charge < -0.3 is 14.7 Å². The lowest BCUT2D eigenvalue weighted by Gasteiger charge is -2.32. The third-order valence-corrected chi connectivity index (χ3v) is 4.47. The number of aliphatic carboxylic acids is 1. The summed E-state index contributed by atoms with van der Waals surface area (Å²) in [7, 11) is 0. The molecular formula is C18H18F3N3O4. The first-order valence-corrected chi connectivity index (χ1v) is 8.60. The molecule has 0 bridgehead atoms. The van der Waals surface area contributed by atoms with Crippen molar-refractivity contribution < 1.29 is 32.6 Å². The van der Waals surface area contributed by atoms with E-state index in [1.54, 1.807) is 23.1 Å². The van der Waals surface area contributed by atoms with E-state index in [0.717, 1.165) is 6.07 Å². The van der Waals surface area contributed by atoms with Crippen LogP contribution in [0.3, 0.4) is 0 Å². The van der Waals surface area contributed by atoms with Crippen molar-refractivity contribution >= 4 is 11.9 Å². The zero-order valence-electron chi connectivity index (χ0n) is 14.7. The van der Waals surface area contributed by atoms with Crippen molar-refractivity contribution in [1.82, 2.24) is 14.7 Å². The van der Waals surface area contributed by atoms with E-state index >= 15 is 0 Å². The van der Waals surface area contributed by atoms with Gasteiger partial charge in [-0.15, -0.1) is 0 Å². The Balaban J connectivity index is 1.60. The number of carboxylic acid groups (broad SMARTS) is 1. The van der Waals surface area contributed by atoms with Gasteiger partial charge in [-0.25, -0.2) is 4.79 Å². The average molecular weight is 397 g/mol. The largest absolute Gasteiger partial charge is 0.482 e. The maximum atomic E-state index is 12.7. The van der Waals surface area contributed by atoms with Crippen molar-refractivity contribution in [2.45, 2.75) is 25.1 Å². The number of aromatic nitrogens is 2. The average Bonchev–Trinajstić information content (AvgIpc) is 3.17. The van der Waals surface area contributed by atoms with Crippen LogP contribution >= 0.6 is 0 Å². The summed E-state index contributed by atoms with van der Waals surface area (Å²) in [5.74, 6) is -1.08. The Morgan fingerprint density at radius 2 is 1.93 bits per heavy atom. The second-order valence-electron chi connectivity index (χ2n) is 6.41. The smallest absolute Gasteiger partial charge is 0.435 e. The number of alkyl halides is 3. The van der Waals surface area contributed by atoms with Crippen molar-refractivity contribution in [3.63, 3.8) is 0 Å². The molecule has 1 aromatic carbocycles. The number of nitrogens with zero attached hydrogens (tertiary/aromatic N) is 3. The van der Waals surface area contributed by atoms with E-state index in [9.17, 15) is 22.8 Å². The quantitative estimate of drug-likeness (QED) is 0.839. The molecule has 0 aliphatic carbocycles. The molecule has 1 N–H and O–H groups in total. The summed E-state index contributed by atoms with van der Waals surface area (Å²) < 4.78 is 44.4. The Morgan fingerprint density at radius 1 is 1.21 bits per heavy atom. The molecule has 10 heteroatoms. The van der Waals surface area contributed by atoms with Crippen LogP contribution in [0.2, 0.25) is 0 Å². The molecule has 1 amide bonds. The molecule has 28 heavy (non-hydrogen) atoms. The number of ether oxygens (including phenoxy) is 1. The van der Waals surface area contributed by atoms with Gasteiger partial charge in [0.1, 0.15) is 5.75 Å². The number of carbonyl (C=O) groups is 2. The zero-order valence-corrected chi connectivity index (χ0v) is 14.7. The summed E-state index contributed by atoms with van der Waals surface area (Å²) in [6.45, 7) is 0.253. The molecule has 1 aliphatic rings. The van der Waals surface area contributed by atoms with Gasteiger partial charge >= 0.3 is 12.1 Å². The summed E-state index contributed by atoms with van der Waals surface area (Å²) >= 11 is 0. The molecule has 150 valence electrons. The molecule has 0 atom stereocenters. The molecule has 1 saturated heterocycles. The van der Waals surface area contributed by atoms with E-state index in [1.165, 1.54) is 16.9 Å². The van der Waals surface area contributed by atoms with Crippen LogP contribution in [0.25, 0.3) is 0 Å². The number of carbonyl (C=O) groups excluding carboxylic acids is 1. The highest BCUT2D eigenvalue weighted by molar-refractivity contribution is 5.94. The summed E-state index contributed by atoms with van der Waals surface area (Å²) in [6, 6.07) is 6.97. The van der Waals surface area contributed by atoms with Crippen LogP contribution in [-0.4, -0.2) is 51.4 Å². The SMILES string of the molecule is O=C(O)COc1cccc(C(=O)N2CCC(n3ccc(C(F)(F)F)n3)CC2)c1. The van der Waals surface area contributed by atoms with Crippen molar-refractivity contribution in [2.75, 3.05) is 19.7 Å². The second kappa shape index (κ2) is 7.91. The number of piperidine rings is 1. The maximum Gasteiger partial charge on any atom is 0.435 e. The van der Waals surface area contributed by atoms with Gasteiger partial charge in [-0.3, -0.25) is 9.48 Å². The lowest BCUT2D eigenvalue weighted by atomic mass is 10.0. The van der Waals surface area contributed by atoms with E-state index in [2.05, 4.69) is 5.10 Å². The van der Waals surface area contributed by atoms with Crippen molar-refractivity contribution in [3.8, 4) is 5.75 Å². The fourth-order valence-electron chi connectivity index (χ4n) is 3.07. The molecule has 1 aromatic heterocycles. The highest BCUT2D eigenvalue weighted by Gasteiger charge is 2.34. The van der Waals surface area contributed by atoms with Crippen LogP contribution in [0.15, 0.2) is 36.5 Å². The Morgan fingerprint density at radius 3 is 2.54 bits per heavy atom.